The van der Waals surface area contributed by atoms with E-state index in [1.165, 1.54) is 31.4 Å². The topological polar surface area (TPSA) is 34.9 Å². The molecule has 1 aromatic heterocycles. The van der Waals surface area contributed by atoms with Gasteiger partial charge in [0.15, 0.2) is 12.1 Å². The van der Waals surface area contributed by atoms with Gasteiger partial charge in [0, 0.05) is 24.4 Å². The number of rotatable bonds is 3. The summed E-state index contributed by atoms with van der Waals surface area (Å²) >= 11 is 0. The van der Waals surface area contributed by atoms with Crippen LogP contribution in [-0.2, 0) is 6.54 Å². The van der Waals surface area contributed by atoms with E-state index in [4.69, 9.17) is 0 Å². The minimum absolute atomic E-state index is 0.578. The van der Waals surface area contributed by atoms with Gasteiger partial charge in [-0.15, -0.1) is 0 Å². The molecule has 0 radical (unpaired) electrons. The molecule has 0 N–H and O–H groups in total. The molecule has 0 atom stereocenters. The Morgan fingerprint density at radius 1 is 1.57 bits per heavy atom. The van der Waals surface area contributed by atoms with Crippen molar-refractivity contribution in [2.24, 2.45) is 0 Å². The first-order valence-electron chi connectivity index (χ1n) is 5.37. The van der Waals surface area contributed by atoms with Gasteiger partial charge in [-0.2, -0.15) is 0 Å². The lowest BCUT2D eigenvalue weighted by Gasteiger charge is -2.12. The van der Waals surface area contributed by atoms with Crippen LogP contribution in [0.15, 0.2) is 6.20 Å². The largest absolute Gasteiger partial charge is 0.326 e. The first kappa shape index (κ1) is 9.44. The SMILES string of the molecule is CCn1c(C2CCCC2)cnc1C=O. The van der Waals surface area contributed by atoms with Gasteiger partial charge in [0.1, 0.15) is 0 Å². The van der Waals surface area contributed by atoms with Gasteiger partial charge in [-0.1, -0.05) is 12.8 Å². The van der Waals surface area contributed by atoms with Crippen LogP contribution in [0.4, 0.5) is 0 Å². The number of aldehydes is 1. The number of hydrogen-bond acceptors (Lipinski definition) is 2. The third kappa shape index (κ3) is 1.47. The molecule has 1 aliphatic carbocycles. The Morgan fingerprint density at radius 2 is 2.29 bits per heavy atom. The van der Waals surface area contributed by atoms with Gasteiger partial charge < -0.3 is 4.57 Å². The molecule has 3 nitrogen and oxygen atoms in total. The van der Waals surface area contributed by atoms with Gasteiger partial charge in [-0.25, -0.2) is 4.98 Å². The maximum Gasteiger partial charge on any atom is 0.185 e. The summed E-state index contributed by atoms with van der Waals surface area (Å²) in [5.74, 6) is 1.21. The zero-order valence-electron chi connectivity index (χ0n) is 8.57. The van der Waals surface area contributed by atoms with Crippen molar-refractivity contribution in [1.82, 2.24) is 9.55 Å². The van der Waals surface area contributed by atoms with Crippen molar-refractivity contribution in [3.8, 4) is 0 Å². The lowest BCUT2D eigenvalue weighted by Crippen LogP contribution is -2.07. The number of carbonyl (C=O) groups excluding carboxylic acids is 1. The molecule has 0 aliphatic heterocycles. The normalized spacial score (nSPS) is 17.5. The van der Waals surface area contributed by atoms with Crippen molar-refractivity contribution >= 4 is 6.29 Å². The lowest BCUT2D eigenvalue weighted by molar-refractivity contribution is 0.111. The van der Waals surface area contributed by atoms with Crippen LogP contribution < -0.4 is 0 Å². The highest BCUT2D eigenvalue weighted by molar-refractivity contribution is 5.69. The predicted octanol–water partition coefficient (Wildman–Crippen LogP) is 2.37. The van der Waals surface area contributed by atoms with Gasteiger partial charge in [-0.3, -0.25) is 4.79 Å². The molecule has 14 heavy (non-hydrogen) atoms. The Bertz CT molecular complexity index is 324. The number of carbonyl (C=O) groups is 1. The first-order chi connectivity index (χ1) is 6.86. The van der Waals surface area contributed by atoms with Crippen LogP contribution in [-0.4, -0.2) is 15.8 Å². The van der Waals surface area contributed by atoms with E-state index >= 15 is 0 Å². The molecule has 3 heteroatoms. The Kier molecular flexibility index (Phi) is 2.66. The molecular weight excluding hydrogens is 176 g/mol. The maximum atomic E-state index is 10.7. The molecule has 0 spiro atoms. The summed E-state index contributed by atoms with van der Waals surface area (Å²) in [5.41, 5.74) is 1.26. The summed E-state index contributed by atoms with van der Waals surface area (Å²) in [7, 11) is 0. The van der Waals surface area contributed by atoms with E-state index in [1.54, 1.807) is 0 Å². The second-order valence-corrected chi connectivity index (χ2v) is 3.88. The van der Waals surface area contributed by atoms with Crippen LogP contribution in [0.25, 0.3) is 0 Å². The van der Waals surface area contributed by atoms with Crippen molar-refractivity contribution < 1.29 is 4.79 Å². The molecule has 1 fully saturated rings. The predicted molar refractivity (Wildman–Crippen MR) is 54.5 cm³/mol. The molecule has 0 amide bonds. The van der Waals surface area contributed by atoms with Crippen molar-refractivity contribution in [2.75, 3.05) is 0 Å². The molecule has 2 rings (SSSR count). The fourth-order valence-electron chi connectivity index (χ4n) is 2.39. The summed E-state index contributed by atoms with van der Waals surface area (Å²) in [6.07, 6.45) is 7.87. The number of nitrogens with zero attached hydrogens (tertiary/aromatic N) is 2. The summed E-state index contributed by atoms with van der Waals surface area (Å²) in [6.45, 7) is 2.91. The second kappa shape index (κ2) is 3.95. The monoisotopic (exact) mass is 192 g/mol. The molecule has 0 saturated heterocycles. The second-order valence-electron chi connectivity index (χ2n) is 3.88. The highest BCUT2D eigenvalue weighted by Gasteiger charge is 2.21. The summed E-state index contributed by atoms with van der Waals surface area (Å²) in [5, 5.41) is 0. The quantitative estimate of drug-likeness (QED) is 0.689. The van der Waals surface area contributed by atoms with Crippen LogP contribution >= 0.6 is 0 Å². The van der Waals surface area contributed by atoms with Crippen LogP contribution in [0, 0.1) is 0 Å². The Labute approximate surface area is 84.1 Å². The highest BCUT2D eigenvalue weighted by atomic mass is 16.1. The number of hydrogen-bond donors (Lipinski definition) is 0. The third-order valence-electron chi connectivity index (χ3n) is 3.11. The smallest absolute Gasteiger partial charge is 0.185 e. The van der Waals surface area contributed by atoms with E-state index in [9.17, 15) is 4.79 Å². The van der Waals surface area contributed by atoms with Gasteiger partial charge in [-0.05, 0) is 19.8 Å². The van der Waals surface area contributed by atoms with Crippen molar-refractivity contribution in [1.29, 1.82) is 0 Å². The maximum absolute atomic E-state index is 10.7. The lowest BCUT2D eigenvalue weighted by atomic mass is 10.1. The van der Waals surface area contributed by atoms with Crippen LogP contribution in [0.3, 0.4) is 0 Å². The fraction of sp³-hybridized carbons (Fsp3) is 0.636. The van der Waals surface area contributed by atoms with E-state index < -0.39 is 0 Å². The average molecular weight is 192 g/mol. The van der Waals surface area contributed by atoms with Gasteiger partial charge >= 0.3 is 0 Å². The van der Waals surface area contributed by atoms with E-state index in [0.717, 1.165) is 12.8 Å². The van der Waals surface area contributed by atoms with E-state index in [-0.39, 0.29) is 0 Å². The van der Waals surface area contributed by atoms with Gasteiger partial charge in [0.05, 0.1) is 0 Å². The highest BCUT2D eigenvalue weighted by Crippen LogP contribution is 2.34. The molecule has 0 unspecified atom stereocenters. The van der Waals surface area contributed by atoms with Crippen molar-refractivity contribution in [2.45, 2.75) is 45.1 Å². The standard InChI is InChI=1S/C11H16N2O/c1-2-13-10(7-12-11(13)8-14)9-5-3-4-6-9/h7-9H,2-6H2,1H3. The zero-order chi connectivity index (χ0) is 9.97. The summed E-state index contributed by atoms with van der Waals surface area (Å²) < 4.78 is 2.04. The van der Waals surface area contributed by atoms with E-state index in [2.05, 4.69) is 11.9 Å². The zero-order valence-corrected chi connectivity index (χ0v) is 8.57. The van der Waals surface area contributed by atoms with Crippen molar-refractivity contribution in [3.63, 3.8) is 0 Å². The van der Waals surface area contributed by atoms with E-state index in [1.807, 2.05) is 10.8 Å². The molecule has 0 aromatic carbocycles. The molecule has 0 bridgehead atoms. The number of aromatic nitrogens is 2. The van der Waals surface area contributed by atoms with Crippen LogP contribution in [0.5, 0.6) is 0 Å². The molecule has 1 aromatic rings. The average Bonchev–Trinajstić information content (AvgIpc) is 2.85. The number of imidazole rings is 1. The summed E-state index contributed by atoms with van der Waals surface area (Å²) in [4.78, 5) is 14.9. The Hall–Kier alpha value is -1.12. The molecule has 1 aliphatic rings. The minimum atomic E-state index is 0.578. The molecule has 1 saturated carbocycles. The molecule has 1 heterocycles. The Morgan fingerprint density at radius 3 is 2.86 bits per heavy atom. The van der Waals surface area contributed by atoms with Gasteiger partial charge in [0.2, 0.25) is 0 Å². The summed E-state index contributed by atoms with van der Waals surface area (Å²) in [6, 6.07) is 0. The first-order valence-corrected chi connectivity index (χ1v) is 5.37. The van der Waals surface area contributed by atoms with Crippen LogP contribution in [0.1, 0.15) is 54.8 Å². The van der Waals surface area contributed by atoms with Crippen molar-refractivity contribution in [3.05, 3.63) is 17.7 Å². The molecule has 76 valence electrons. The van der Waals surface area contributed by atoms with Gasteiger partial charge in [0.25, 0.3) is 0 Å². The molecular formula is C11H16N2O. The third-order valence-corrected chi connectivity index (χ3v) is 3.11. The van der Waals surface area contributed by atoms with Crippen LogP contribution in [0.2, 0.25) is 0 Å². The van der Waals surface area contributed by atoms with E-state index in [0.29, 0.717) is 11.7 Å². The Balaban J connectivity index is 2.31. The fourth-order valence-corrected chi connectivity index (χ4v) is 2.39. The minimum Gasteiger partial charge on any atom is -0.326 e.